The van der Waals surface area contributed by atoms with Crippen LogP contribution in [0.1, 0.15) is 29.5 Å². The first kappa shape index (κ1) is 20.3. The Morgan fingerprint density at radius 2 is 1.63 bits per heavy atom. The summed E-state index contributed by atoms with van der Waals surface area (Å²) in [5, 5.41) is 2.92. The summed E-state index contributed by atoms with van der Waals surface area (Å²) in [7, 11) is 0. The fraction of sp³-hybridized carbons (Fsp3) is 0.269. The van der Waals surface area contributed by atoms with Crippen LogP contribution in [0.5, 0.6) is 0 Å². The standard InChI is InChI=1S/C26H27FN2O/c1-18-14-19(2)16-22(15-18)21-7-5-20(6-8-21)17-29-13-3-4-25(29)26(30)28-24-11-9-23(27)10-12-24/h5-12,14-16,25H,3-4,13,17H2,1-2H3,(H,28,30). The number of carbonyl (C=O) groups is 1. The Hall–Kier alpha value is -2.98. The molecule has 154 valence electrons. The molecule has 3 nitrogen and oxygen atoms in total. The van der Waals surface area contributed by atoms with Gasteiger partial charge in [0.05, 0.1) is 6.04 Å². The number of hydrogen-bond donors (Lipinski definition) is 1. The predicted molar refractivity (Wildman–Crippen MR) is 120 cm³/mol. The maximum Gasteiger partial charge on any atom is 0.241 e. The first-order chi connectivity index (χ1) is 14.5. The molecule has 0 spiro atoms. The summed E-state index contributed by atoms with van der Waals surface area (Å²) in [4.78, 5) is 15.0. The lowest BCUT2D eigenvalue weighted by Crippen LogP contribution is -2.39. The second-order valence-electron chi connectivity index (χ2n) is 8.20. The molecule has 4 heteroatoms. The molecule has 3 aromatic carbocycles. The molecule has 3 aromatic rings. The molecule has 0 saturated carbocycles. The number of nitrogens with one attached hydrogen (secondary N) is 1. The highest BCUT2D eigenvalue weighted by molar-refractivity contribution is 5.95. The van der Waals surface area contributed by atoms with Crippen molar-refractivity contribution < 1.29 is 9.18 Å². The van der Waals surface area contributed by atoms with E-state index in [0.29, 0.717) is 5.69 Å². The fourth-order valence-corrected chi connectivity index (χ4v) is 4.25. The Labute approximate surface area is 177 Å². The normalized spacial score (nSPS) is 16.6. The monoisotopic (exact) mass is 402 g/mol. The molecule has 1 fully saturated rings. The summed E-state index contributed by atoms with van der Waals surface area (Å²) in [5.74, 6) is -0.328. The van der Waals surface area contributed by atoms with E-state index < -0.39 is 0 Å². The number of likely N-dealkylation sites (tertiary alicyclic amines) is 1. The molecule has 1 saturated heterocycles. The Morgan fingerprint density at radius 3 is 2.30 bits per heavy atom. The number of nitrogens with zero attached hydrogens (tertiary/aromatic N) is 1. The molecular weight excluding hydrogens is 375 g/mol. The van der Waals surface area contributed by atoms with Crippen LogP contribution >= 0.6 is 0 Å². The van der Waals surface area contributed by atoms with E-state index in [1.807, 2.05) is 0 Å². The fourth-order valence-electron chi connectivity index (χ4n) is 4.25. The zero-order valence-corrected chi connectivity index (χ0v) is 17.5. The van der Waals surface area contributed by atoms with Crippen molar-refractivity contribution in [1.29, 1.82) is 0 Å². The zero-order valence-electron chi connectivity index (χ0n) is 17.5. The number of carbonyl (C=O) groups excluding carboxylic acids is 1. The van der Waals surface area contributed by atoms with Crippen molar-refractivity contribution in [2.24, 2.45) is 0 Å². The van der Waals surface area contributed by atoms with Gasteiger partial charge in [0.1, 0.15) is 5.82 Å². The number of halogens is 1. The molecule has 1 aliphatic heterocycles. The summed E-state index contributed by atoms with van der Waals surface area (Å²) in [6.07, 6.45) is 1.84. The smallest absolute Gasteiger partial charge is 0.241 e. The Morgan fingerprint density at radius 1 is 0.967 bits per heavy atom. The van der Waals surface area contributed by atoms with Crippen molar-refractivity contribution in [3.63, 3.8) is 0 Å². The quantitative estimate of drug-likeness (QED) is 0.593. The van der Waals surface area contributed by atoms with Gasteiger partial charge in [-0.2, -0.15) is 0 Å². The Bertz CT molecular complexity index is 1010. The van der Waals surface area contributed by atoms with Gasteiger partial charge in [-0.25, -0.2) is 4.39 Å². The summed E-state index contributed by atoms with van der Waals surface area (Å²) in [5.41, 5.74) is 6.80. The van der Waals surface area contributed by atoms with Gasteiger partial charge in [0.2, 0.25) is 5.91 Å². The summed E-state index contributed by atoms with van der Waals surface area (Å²) in [6, 6.07) is 21.0. The number of rotatable bonds is 5. The maximum atomic E-state index is 13.1. The van der Waals surface area contributed by atoms with Crippen molar-refractivity contribution in [3.8, 4) is 11.1 Å². The number of aryl methyl sites for hydroxylation is 2. The molecule has 4 rings (SSSR count). The SMILES string of the molecule is Cc1cc(C)cc(-c2ccc(CN3CCCC3C(=O)Nc3ccc(F)cc3)cc2)c1. The number of amides is 1. The third kappa shape index (κ3) is 4.77. The average molecular weight is 403 g/mol. The predicted octanol–water partition coefficient (Wildman–Crippen LogP) is 5.71. The van der Waals surface area contributed by atoms with Gasteiger partial charge in [-0.05, 0) is 74.2 Å². The van der Waals surface area contributed by atoms with E-state index in [1.54, 1.807) is 12.1 Å². The molecule has 0 aliphatic carbocycles. The van der Waals surface area contributed by atoms with Gasteiger partial charge >= 0.3 is 0 Å². The number of anilines is 1. The molecule has 1 amide bonds. The van der Waals surface area contributed by atoms with Gasteiger partial charge in [0, 0.05) is 12.2 Å². The first-order valence-electron chi connectivity index (χ1n) is 10.5. The van der Waals surface area contributed by atoms with Crippen molar-refractivity contribution in [2.45, 2.75) is 39.3 Å². The largest absolute Gasteiger partial charge is 0.325 e. The minimum absolute atomic E-state index is 0.0223. The third-order valence-corrected chi connectivity index (χ3v) is 5.67. The highest BCUT2D eigenvalue weighted by Crippen LogP contribution is 2.25. The van der Waals surface area contributed by atoms with Crippen LogP contribution in [-0.4, -0.2) is 23.4 Å². The Balaban J connectivity index is 1.42. The lowest BCUT2D eigenvalue weighted by atomic mass is 9.99. The molecule has 30 heavy (non-hydrogen) atoms. The lowest BCUT2D eigenvalue weighted by Gasteiger charge is -2.24. The van der Waals surface area contributed by atoms with Gasteiger partial charge in [-0.3, -0.25) is 9.69 Å². The molecule has 0 radical (unpaired) electrons. The van der Waals surface area contributed by atoms with E-state index in [1.165, 1.54) is 39.9 Å². The second kappa shape index (κ2) is 8.80. The van der Waals surface area contributed by atoms with E-state index in [4.69, 9.17) is 0 Å². The van der Waals surface area contributed by atoms with Crippen molar-refractivity contribution in [2.75, 3.05) is 11.9 Å². The number of benzene rings is 3. The van der Waals surface area contributed by atoms with Crippen molar-refractivity contribution >= 4 is 11.6 Å². The summed E-state index contributed by atoms with van der Waals surface area (Å²) in [6.45, 7) is 5.89. The molecule has 1 N–H and O–H groups in total. The van der Waals surface area contributed by atoms with Crippen molar-refractivity contribution in [1.82, 2.24) is 4.90 Å². The van der Waals surface area contributed by atoms with Crippen LogP contribution in [0.15, 0.2) is 66.7 Å². The van der Waals surface area contributed by atoms with Gasteiger partial charge in [-0.1, -0.05) is 53.6 Å². The van der Waals surface area contributed by atoms with Crippen LogP contribution < -0.4 is 5.32 Å². The van der Waals surface area contributed by atoms with Gasteiger partial charge in [-0.15, -0.1) is 0 Å². The zero-order chi connectivity index (χ0) is 21.1. The molecule has 0 bridgehead atoms. The molecule has 1 unspecified atom stereocenters. The molecular formula is C26H27FN2O. The number of hydrogen-bond acceptors (Lipinski definition) is 2. The van der Waals surface area contributed by atoms with Crippen LogP contribution in [0.3, 0.4) is 0 Å². The highest BCUT2D eigenvalue weighted by Gasteiger charge is 2.30. The lowest BCUT2D eigenvalue weighted by molar-refractivity contribution is -0.120. The van der Waals surface area contributed by atoms with Gasteiger partial charge in [0.15, 0.2) is 0 Å². The average Bonchev–Trinajstić information content (AvgIpc) is 3.18. The molecule has 1 aliphatic rings. The van der Waals surface area contributed by atoms with Crippen LogP contribution in [0, 0.1) is 19.7 Å². The summed E-state index contributed by atoms with van der Waals surface area (Å²) < 4.78 is 13.1. The van der Waals surface area contributed by atoms with E-state index in [9.17, 15) is 9.18 Å². The van der Waals surface area contributed by atoms with E-state index in [-0.39, 0.29) is 17.8 Å². The summed E-state index contributed by atoms with van der Waals surface area (Å²) >= 11 is 0. The third-order valence-electron chi connectivity index (χ3n) is 5.67. The van der Waals surface area contributed by atoms with Gasteiger partial charge < -0.3 is 5.32 Å². The van der Waals surface area contributed by atoms with Crippen LogP contribution in [0.2, 0.25) is 0 Å². The van der Waals surface area contributed by atoms with Crippen molar-refractivity contribution in [3.05, 3.63) is 89.2 Å². The van der Waals surface area contributed by atoms with E-state index in [2.05, 4.69) is 66.5 Å². The van der Waals surface area contributed by atoms with Gasteiger partial charge in [0.25, 0.3) is 0 Å². The van der Waals surface area contributed by atoms with Crippen LogP contribution in [-0.2, 0) is 11.3 Å². The van der Waals surface area contributed by atoms with E-state index >= 15 is 0 Å². The van der Waals surface area contributed by atoms with E-state index in [0.717, 1.165) is 25.9 Å². The molecule has 1 heterocycles. The van der Waals surface area contributed by atoms with Crippen LogP contribution in [0.25, 0.3) is 11.1 Å². The maximum absolute atomic E-state index is 13.1. The van der Waals surface area contributed by atoms with Crippen LogP contribution in [0.4, 0.5) is 10.1 Å². The highest BCUT2D eigenvalue weighted by atomic mass is 19.1. The topological polar surface area (TPSA) is 32.3 Å². The first-order valence-corrected chi connectivity index (χ1v) is 10.5. The molecule has 0 aromatic heterocycles. The Kier molecular flexibility index (Phi) is 5.96. The minimum atomic E-state index is -0.306. The second-order valence-corrected chi connectivity index (χ2v) is 8.20. The minimum Gasteiger partial charge on any atom is -0.325 e. The molecule has 1 atom stereocenters.